The second kappa shape index (κ2) is 12.2. The summed E-state index contributed by atoms with van der Waals surface area (Å²) in [5.74, 6) is 2.40. The van der Waals surface area contributed by atoms with Crippen molar-refractivity contribution in [2.24, 2.45) is 0 Å². The van der Waals surface area contributed by atoms with Gasteiger partial charge in [-0.05, 0) is 103 Å². The minimum absolute atomic E-state index is 0.0125. The van der Waals surface area contributed by atoms with Crippen molar-refractivity contribution in [1.29, 1.82) is 0 Å². The number of benzene rings is 5. The molecule has 8 rings (SSSR count). The zero-order valence-corrected chi connectivity index (χ0v) is 29.4. The highest BCUT2D eigenvalue weighted by Crippen LogP contribution is 2.38. The second-order valence-electron chi connectivity index (χ2n) is 14.2. The van der Waals surface area contributed by atoms with E-state index >= 15 is 0 Å². The molecule has 50 heavy (non-hydrogen) atoms. The predicted molar refractivity (Wildman–Crippen MR) is 206 cm³/mol. The van der Waals surface area contributed by atoms with Gasteiger partial charge in [-0.2, -0.15) is 5.10 Å². The van der Waals surface area contributed by atoms with Crippen LogP contribution in [0, 0.1) is 20.8 Å². The number of aryl methyl sites for hydroxylation is 2. The van der Waals surface area contributed by atoms with Gasteiger partial charge in [0.25, 0.3) is 0 Å². The molecule has 5 nitrogen and oxygen atoms in total. The van der Waals surface area contributed by atoms with Gasteiger partial charge in [-0.3, -0.25) is 4.57 Å². The summed E-state index contributed by atoms with van der Waals surface area (Å²) in [6.45, 7) is 13.0. The van der Waals surface area contributed by atoms with Gasteiger partial charge < -0.3 is 4.74 Å². The third kappa shape index (κ3) is 5.65. The van der Waals surface area contributed by atoms with Gasteiger partial charge in [0.15, 0.2) is 0 Å². The minimum atomic E-state index is -0.0125. The minimum Gasteiger partial charge on any atom is -0.457 e. The fourth-order valence-corrected chi connectivity index (χ4v) is 7.09. The topological polar surface area (TPSA) is 44.9 Å². The number of nitrogens with zero attached hydrogens (tertiary/aromatic N) is 4. The average Bonchev–Trinajstić information content (AvgIpc) is 3.60. The molecule has 0 unspecified atom stereocenters. The molecular formula is C45H40N4O. The lowest BCUT2D eigenvalue weighted by Gasteiger charge is -2.20. The Hall–Kier alpha value is -5.94. The van der Waals surface area contributed by atoms with Crippen LogP contribution in [0.25, 0.3) is 55.6 Å². The van der Waals surface area contributed by atoms with E-state index in [1.54, 1.807) is 0 Å². The highest BCUT2D eigenvalue weighted by molar-refractivity contribution is 6.10. The van der Waals surface area contributed by atoms with Crippen molar-refractivity contribution in [3.05, 3.63) is 156 Å². The van der Waals surface area contributed by atoms with E-state index < -0.39 is 0 Å². The summed E-state index contributed by atoms with van der Waals surface area (Å²) in [6.07, 6.45) is 1.92. The first-order valence-corrected chi connectivity index (χ1v) is 17.2. The Kier molecular flexibility index (Phi) is 7.64. The van der Waals surface area contributed by atoms with Gasteiger partial charge in [0.05, 0.1) is 22.4 Å². The Morgan fingerprint density at radius 1 is 0.600 bits per heavy atom. The van der Waals surface area contributed by atoms with Crippen molar-refractivity contribution >= 4 is 21.8 Å². The number of fused-ring (bicyclic) bond motifs is 3. The molecule has 0 bridgehead atoms. The number of hydrogen-bond acceptors (Lipinski definition) is 3. The molecule has 0 N–H and O–H groups in total. The Morgan fingerprint density at radius 2 is 1.34 bits per heavy atom. The zero-order valence-electron chi connectivity index (χ0n) is 29.4. The molecular weight excluding hydrogens is 613 g/mol. The van der Waals surface area contributed by atoms with E-state index in [9.17, 15) is 0 Å². The van der Waals surface area contributed by atoms with Crippen molar-refractivity contribution in [1.82, 2.24) is 19.3 Å². The number of aromatic nitrogens is 4. The van der Waals surface area contributed by atoms with Gasteiger partial charge in [0.2, 0.25) is 0 Å². The largest absolute Gasteiger partial charge is 0.457 e. The fourth-order valence-electron chi connectivity index (χ4n) is 7.09. The summed E-state index contributed by atoms with van der Waals surface area (Å²) in [7, 11) is 0. The molecule has 0 fully saturated rings. The first kappa shape index (κ1) is 31.3. The third-order valence-corrected chi connectivity index (χ3v) is 9.56. The van der Waals surface area contributed by atoms with Gasteiger partial charge in [-0.25, -0.2) is 9.67 Å². The lowest BCUT2D eigenvalue weighted by molar-refractivity contribution is 0.482. The molecule has 0 saturated heterocycles. The average molecular weight is 653 g/mol. The number of ether oxygens (including phenoxy) is 1. The molecule has 0 aliphatic heterocycles. The predicted octanol–water partition coefficient (Wildman–Crippen LogP) is 11.7. The maximum atomic E-state index is 6.67. The number of rotatable bonds is 6. The van der Waals surface area contributed by atoms with Crippen molar-refractivity contribution < 1.29 is 4.74 Å². The molecule has 5 aromatic carbocycles. The summed E-state index contributed by atoms with van der Waals surface area (Å²) >= 11 is 0. The molecule has 0 aliphatic rings. The van der Waals surface area contributed by atoms with E-state index in [0.717, 1.165) is 61.9 Å². The summed E-state index contributed by atoms with van der Waals surface area (Å²) in [5.41, 5.74) is 12.2. The van der Waals surface area contributed by atoms with Crippen molar-refractivity contribution in [2.45, 2.75) is 47.0 Å². The first-order chi connectivity index (χ1) is 24.1. The van der Waals surface area contributed by atoms with E-state index in [2.05, 4.69) is 167 Å². The van der Waals surface area contributed by atoms with Gasteiger partial charge in [-0.1, -0.05) is 87.5 Å². The van der Waals surface area contributed by atoms with Crippen LogP contribution in [-0.2, 0) is 5.41 Å². The molecule has 246 valence electrons. The maximum Gasteiger partial charge on any atom is 0.137 e. The van der Waals surface area contributed by atoms with E-state index in [1.165, 1.54) is 27.6 Å². The lowest BCUT2D eigenvalue weighted by atomic mass is 9.88. The zero-order chi connectivity index (χ0) is 34.6. The van der Waals surface area contributed by atoms with E-state index in [-0.39, 0.29) is 5.41 Å². The van der Waals surface area contributed by atoms with Gasteiger partial charge >= 0.3 is 0 Å². The third-order valence-electron chi connectivity index (χ3n) is 9.56. The Bertz CT molecular complexity index is 2520. The Morgan fingerprint density at radius 3 is 2.08 bits per heavy atom. The molecule has 0 amide bonds. The van der Waals surface area contributed by atoms with Crippen LogP contribution in [0.2, 0.25) is 0 Å². The second-order valence-corrected chi connectivity index (χ2v) is 14.2. The van der Waals surface area contributed by atoms with Crippen LogP contribution in [0.3, 0.4) is 0 Å². The van der Waals surface area contributed by atoms with E-state index in [1.807, 2.05) is 16.9 Å². The smallest absolute Gasteiger partial charge is 0.137 e. The van der Waals surface area contributed by atoms with Crippen molar-refractivity contribution in [3.8, 4) is 45.3 Å². The highest BCUT2D eigenvalue weighted by Gasteiger charge is 2.20. The molecule has 3 aromatic heterocycles. The monoisotopic (exact) mass is 652 g/mol. The first-order valence-electron chi connectivity index (χ1n) is 17.2. The molecule has 8 aromatic rings. The summed E-state index contributed by atoms with van der Waals surface area (Å²) in [4.78, 5) is 4.90. The summed E-state index contributed by atoms with van der Waals surface area (Å²) in [6, 6.07) is 44.7. The van der Waals surface area contributed by atoms with Crippen LogP contribution >= 0.6 is 0 Å². The Labute approximate surface area is 293 Å². The Balaban J connectivity index is 1.24. The van der Waals surface area contributed by atoms with E-state index in [0.29, 0.717) is 0 Å². The van der Waals surface area contributed by atoms with Crippen LogP contribution in [0.4, 0.5) is 0 Å². The molecule has 0 saturated carbocycles. The standard InChI is InChI=1S/C45H40N4O/c1-29-23-36(49-31(3)44(30(2)47-49)33-15-11-8-12-16-33)27-38(24-29)50-37-18-19-39-40-25-34(32-13-9-7-10-14-32)17-20-41(40)48(42(39)28-37)43-26-35(21-22-46-43)45(4,5)6/h7-28H,1-6H3. The van der Waals surface area contributed by atoms with Gasteiger partial charge in [-0.15, -0.1) is 0 Å². The lowest BCUT2D eigenvalue weighted by Crippen LogP contribution is -2.12. The molecule has 0 spiro atoms. The molecule has 3 heterocycles. The highest BCUT2D eigenvalue weighted by atomic mass is 16.5. The van der Waals surface area contributed by atoms with Crippen molar-refractivity contribution in [3.63, 3.8) is 0 Å². The quantitative estimate of drug-likeness (QED) is 0.180. The van der Waals surface area contributed by atoms with Crippen LogP contribution < -0.4 is 4.74 Å². The molecule has 5 heteroatoms. The van der Waals surface area contributed by atoms with Crippen LogP contribution in [0.1, 0.15) is 43.3 Å². The van der Waals surface area contributed by atoms with E-state index in [4.69, 9.17) is 14.8 Å². The maximum absolute atomic E-state index is 6.67. The summed E-state index contributed by atoms with van der Waals surface area (Å²) < 4.78 is 11.0. The fraction of sp³-hybridized carbons (Fsp3) is 0.156. The molecule has 0 atom stereocenters. The normalized spacial score (nSPS) is 11.8. The van der Waals surface area contributed by atoms with Crippen LogP contribution in [0.5, 0.6) is 11.5 Å². The SMILES string of the molecule is Cc1cc(Oc2ccc3c4cc(-c5ccccc5)ccc4n(-c4cc(C(C)(C)C)ccn4)c3c2)cc(-n2nc(C)c(-c3ccccc3)c2C)c1. The number of pyridine rings is 1. The molecule has 0 aliphatic carbocycles. The van der Waals surface area contributed by atoms with Gasteiger partial charge in [0, 0.05) is 40.4 Å². The van der Waals surface area contributed by atoms with Crippen molar-refractivity contribution in [2.75, 3.05) is 0 Å². The van der Waals surface area contributed by atoms with Gasteiger partial charge in [0.1, 0.15) is 17.3 Å². The number of hydrogen-bond donors (Lipinski definition) is 0. The summed E-state index contributed by atoms with van der Waals surface area (Å²) in [5, 5.41) is 7.28. The molecule has 0 radical (unpaired) electrons. The van der Waals surface area contributed by atoms with Crippen LogP contribution in [0.15, 0.2) is 134 Å². The van der Waals surface area contributed by atoms with Crippen LogP contribution in [-0.4, -0.2) is 19.3 Å².